The van der Waals surface area contributed by atoms with Crippen LogP contribution in [0.3, 0.4) is 0 Å². The first-order valence-corrected chi connectivity index (χ1v) is 5.50. The molecule has 0 amide bonds. The Kier molecular flexibility index (Phi) is 3.72. The highest BCUT2D eigenvalue weighted by Crippen LogP contribution is 2.23. The van der Waals surface area contributed by atoms with Crippen LogP contribution in [0.15, 0.2) is 30.9 Å². The number of fused-ring (bicyclic) bond motifs is 1. The van der Waals surface area contributed by atoms with Crippen molar-refractivity contribution in [1.82, 2.24) is 9.97 Å². The largest absolute Gasteiger partial charge is 0.435 e. The van der Waals surface area contributed by atoms with Crippen molar-refractivity contribution in [2.75, 3.05) is 0 Å². The fourth-order valence-electron chi connectivity index (χ4n) is 1.49. The lowest BCUT2D eigenvalue weighted by molar-refractivity contribution is -0.0497. The Morgan fingerprint density at radius 1 is 1.33 bits per heavy atom. The molecule has 0 saturated heterocycles. The Balaban J connectivity index is 2.45. The van der Waals surface area contributed by atoms with E-state index in [1.54, 1.807) is 12.1 Å². The van der Waals surface area contributed by atoms with Gasteiger partial charge in [-0.15, -0.1) is 6.58 Å². The number of halogens is 3. The number of aromatic nitrogens is 2. The molecule has 0 spiro atoms. The number of allylic oxidation sites excluding steroid dienone is 1. The second kappa shape index (κ2) is 5.27. The van der Waals surface area contributed by atoms with E-state index in [9.17, 15) is 8.78 Å². The number of alkyl halides is 2. The van der Waals surface area contributed by atoms with Crippen molar-refractivity contribution in [2.45, 2.75) is 13.0 Å². The predicted molar refractivity (Wildman–Crippen MR) is 65.1 cm³/mol. The van der Waals surface area contributed by atoms with E-state index < -0.39 is 6.61 Å². The summed E-state index contributed by atoms with van der Waals surface area (Å²) in [5.74, 6) is 0.0272. The Labute approximate surface area is 107 Å². The summed E-state index contributed by atoms with van der Waals surface area (Å²) in [5.41, 5.74) is 1.57. The Morgan fingerprint density at radius 2 is 2.11 bits per heavy atom. The molecule has 1 aromatic heterocycles. The summed E-state index contributed by atoms with van der Waals surface area (Å²) < 4.78 is 28.4. The quantitative estimate of drug-likeness (QED) is 0.796. The molecule has 1 heterocycles. The molecule has 0 aliphatic carbocycles. The monoisotopic (exact) mass is 270 g/mol. The van der Waals surface area contributed by atoms with Crippen LogP contribution in [0.2, 0.25) is 5.15 Å². The van der Waals surface area contributed by atoms with Crippen LogP contribution in [0, 0.1) is 0 Å². The zero-order chi connectivity index (χ0) is 13.1. The first-order chi connectivity index (χ1) is 8.60. The Morgan fingerprint density at radius 3 is 2.78 bits per heavy atom. The molecule has 0 bridgehead atoms. The summed E-state index contributed by atoms with van der Waals surface area (Å²) in [7, 11) is 0. The minimum absolute atomic E-state index is 0.0272. The molecule has 0 aliphatic heterocycles. The van der Waals surface area contributed by atoms with Crippen LogP contribution in [0.25, 0.3) is 11.0 Å². The first kappa shape index (κ1) is 12.7. The minimum Gasteiger partial charge on any atom is -0.435 e. The molecule has 0 unspecified atom stereocenters. The van der Waals surface area contributed by atoms with Gasteiger partial charge in [0.2, 0.25) is 0 Å². The average Bonchev–Trinajstić information content (AvgIpc) is 2.30. The minimum atomic E-state index is -2.87. The Hall–Kier alpha value is -1.75. The molecule has 0 radical (unpaired) electrons. The predicted octanol–water partition coefficient (Wildman–Crippen LogP) is 3.61. The number of rotatable bonds is 4. The van der Waals surface area contributed by atoms with Gasteiger partial charge in [-0.1, -0.05) is 17.7 Å². The zero-order valence-corrected chi connectivity index (χ0v) is 9.99. The standard InChI is InChI=1S/C12H9ClF2N2O/c1-2-3-9-11(13)17-10-6-7(18-12(14)15)4-5-8(10)16-9/h2,4-6,12H,1,3H2. The molecule has 0 aliphatic rings. The van der Waals surface area contributed by atoms with Crippen LogP contribution < -0.4 is 4.74 Å². The van der Waals surface area contributed by atoms with Crippen molar-refractivity contribution in [2.24, 2.45) is 0 Å². The van der Waals surface area contributed by atoms with E-state index in [-0.39, 0.29) is 10.9 Å². The van der Waals surface area contributed by atoms with Crippen molar-refractivity contribution < 1.29 is 13.5 Å². The van der Waals surface area contributed by atoms with E-state index in [1.807, 2.05) is 0 Å². The third-order valence-electron chi connectivity index (χ3n) is 2.22. The molecule has 94 valence electrons. The van der Waals surface area contributed by atoms with Gasteiger partial charge >= 0.3 is 6.61 Å². The smallest absolute Gasteiger partial charge is 0.387 e. The lowest BCUT2D eigenvalue weighted by atomic mass is 10.2. The van der Waals surface area contributed by atoms with E-state index in [4.69, 9.17) is 11.6 Å². The van der Waals surface area contributed by atoms with Gasteiger partial charge in [-0.2, -0.15) is 8.78 Å². The highest BCUT2D eigenvalue weighted by molar-refractivity contribution is 6.30. The van der Waals surface area contributed by atoms with E-state index >= 15 is 0 Å². The summed E-state index contributed by atoms with van der Waals surface area (Å²) in [5, 5.41) is 0.233. The lowest BCUT2D eigenvalue weighted by Gasteiger charge is -2.06. The van der Waals surface area contributed by atoms with Crippen LogP contribution in [0.1, 0.15) is 5.69 Å². The third-order valence-corrected chi connectivity index (χ3v) is 2.52. The van der Waals surface area contributed by atoms with Crippen molar-refractivity contribution >= 4 is 22.6 Å². The Bertz CT molecular complexity index is 590. The summed E-state index contributed by atoms with van der Waals surface area (Å²) in [6.45, 7) is 0.725. The van der Waals surface area contributed by atoms with Crippen LogP contribution in [-0.2, 0) is 6.42 Å². The SMILES string of the molecule is C=CCc1nc2ccc(OC(F)F)cc2nc1Cl. The van der Waals surface area contributed by atoms with Gasteiger partial charge in [-0.05, 0) is 12.1 Å². The van der Waals surface area contributed by atoms with E-state index in [1.165, 1.54) is 12.1 Å². The normalized spacial score (nSPS) is 10.9. The number of benzene rings is 1. The average molecular weight is 271 g/mol. The molecular formula is C12H9ClF2N2O. The molecule has 2 rings (SSSR count). The fourth-order valence-corrected chi connectivity index (χ4v) is 1.70. The third kappa shape index (κ3) is 2.73. The highest BCUT2D eigenvalue weighted by atomic mass is 35.5. The van der Waals surface area contributed by atoms with Crippen LogP contribution in [0.5, 0.6) is 5.75 Å². The second-order valence-electron chi connectivity index (χ2n) is 3.48. The van der Waals surface area contributed by atoms with E-state index in [2.05, 4.69) is 21.3 Å². The maximum absolute atomic E-state index is 12.1. The number of hydrogen-bond acceptors (Lipinski definition) is 3. The van der Waals surface area contributed by atoms with Crippen molar-refractivity contribution in [3.05, 3.63) is 41.7 Å². The molecular weight excluding hydrogens is 262 g/mol. The molecule has 0 fully saturated rings. The van der Waals surface area contributed by atoms with Crippen molar-refractivity contribution in [1.29, 1.82) is 0 Å². The first-order valence-electron chi connectivity index (χ1n) is 5.12. The van der Waals surface area contributed by atoms with Crippen molar-refractivity contribution in [3.63, 3.8) is 0 Å². The fraction of sp³-hybridized carbons (Fsp3) is 0.167. The topological polar surface area (TPSA) is 35.0 Å². The second-order valence-corrected chi connectivity index (χ2v) is 3.84. The molecule has 18 heavy (non-hydrogen) atoms. The maximum Gasteiger partial charge on any atom is 0.387 e. The van der Waals surface area contributed by atoms with Gasteiger partial charge in [0.15, 0.2) is 5.15 Å². The van der Waals surface area contributed by atoms with Crippen molar-refractivity contribution in [3.8, 4) is 5.75 Å². The van der Waals surface area contributed by atoms with Gasteiger partial charge in [-0.25, -0.2) is 9.97 Å². The molecule has 3 nitrogen and oxygen atoms in total. The summed E-state index contributed by atoms with van der Waals surface area (Å²) in [6, 6.07) is 4.34. The van der Waals surface area contributed by atoms with Crippen LogP contribution in [-0.4, -0.2) is 16.6 Å². The molecule has 6 heteroatoms. The van der Waals surface area contributed by atoms with Crippen LogP contribution >= 0.6 is 11.6 Å². The van der Waals surface area contributed by atoms with Gasteiger partial charge in [0.05, 0.1) is 16.7 Å². The number of ether oxygens (including phenoxy) is 1. The molecule has 0 atom stereocenters. The summed E-state index contributed by atoms with van der Waals surface area (Å²) >= 11 is 5.93. The number of hydrogen-bond donors (Lipinski definition) is 0. The molecule has 0 N–H and O–H groups in total. The zero-order valence-electron chi connectivity index (χ0n) is 9.24. The molecule has 1 aromatic carbocycles. The van der Waals surface area contributed by atoms with E-state index in [0.717, 1.165) is 0 Å². The van der Waals surface area contributed by atoms with Gasteiger partial charge in [0, 0.05) is 12.5 Å². The maximum atomic E-state index is 12.1. The number of nitrogens with zero attached hydrogens (tertiary/aromatic N) is 2. The van der Waals surface area contributed by atoms with Crippen LogP contribution in [0.4, 0.5) is 8.78 Å². The lowest BCUT2D eigenvalue weighted by Crippen LogP contribution is -2.02. The summed E-state index contributed by atoms with van der Waals surface area (Å²) in [4.78, 5) is 8.37. The summed E-state index contributed by atoms with van der Waals surface area (Å²) in [6.07, 6.45) is 2.16. The van der Waals surface area contributed by atoms with Gasteiger partial charge in [-0.3, -0.25) is 0 Å². The van der Waals surface area contributed by atoms with Gasteiger partial charge in [0.1, 0.15) is 5.75 Å². The van der Waals surface area contributed by atoms with Gasteiger partial charge in [0.25, 0.3) is 0 Å². The highest BCUT2D eigenvalue weighted by Gasteiger charge is 2.09. The van der Waals surface area contributed by atoms with E-state index in [0.29, 0.717) is 23.1 Å². The molecule has 2 aromatic rings. The molecule has 0 saturated carbocycles. The van der Waals surface area contributed by atoms with Gasteiger partial charge < -0.3 is 4.74 Å².